The van der Waals surface area contributed by atoms with Gasteiger partial charge in [0.1, 0.15) is 5.75 Å². The molecule has 0 saturated carbocycles. The monoisotopic (exact) mass is 302 g/mol. The Morgan fingerprint density at radius 3 is 2.61 bits per heavy atom. The summed E-state index contributed by atoms with van der Waals surface area (Å²) in [6, 6.07) is 12.7. The molecule has 0 aliphatic carbocycles. The normalized spacial score (nSPS) is 17.4. The van der Waals surface area contributed by atoms with E-state index in [4.69, 9.17) is 4.74 Å². The van der Waals surface area contributed by atoms with Gasteiger partial charge in [0, 0.05) is 16.0 Å². The SMILES string of the molecule is Cc1cc2c(c(C)c1Br)C(c1ccccc1)CO2. The molecule has 0 radical (unpaired) electrons. The minimum Gasteiger partial charge on any atom is -0.492 e. The standard InChI is InChI=1S/C16H15BrO/c1-10-8-14-15(11(2)16(10)17)13(9-18-14)12-6-4-3-5-7-12/h3-8,13H,9H2,1-2H3. The van der Waals surface area contributed by atoms with Crippen LogP contribution in [0.25, 0.3) is 0 Å². The van der Waals surface area contributed by atoms with Crippen LogP contribution in [-0.2, 0) is 0 Å². The quantitative estimate of drug-likeness (QED) is 0.748. The molecule has 1 aliphatic heterocycles. The minimum atomic E-state index is 0.359. The van der Waals surface area contributed by atoms with Crippen molar-refractivity contribution in [1.82, 2.24) is 0 Å². The molecule has 3 rings (SSSR count). The lowest BCUT2D eigenvalue weighted by Gasteiger charge is -2.14. The van der Waals surface area contributed by atoms with E-state index in [0.29, 0.717) is 5.92 Å². The fourth-order valence-corrected chi connectivity index (χ4v) is 3.02. The van der Waals surface area contributed by atoms with Gasteiger partial charge < -0.3 is 4.74 Å². The summed E-state index contributed by atoms with van der Waals surface area (Å²) in [5, 5.41) is 0. The number of hydrogen-bond donors (Lipinski definition) is 0. The van der Waals surface area contributed by atoms with E-state index in [2.05, 4.69) is 66.2 Å². The lowest BCUT2D eigenvalue weighted by molar-refractivity contribution is 0.343. The molecule has 0 bridgehead atoms. The van der Waals surface area contributed by atoms with Crippen molar-refractivity contribution in [2.24, 2.45) is 0 Å². The van der Waals surface area contributed by atoms with E-state index in [1.165, 1.54) is 26.7 Å². The minimum absolute atomic E-state index is 0.359. The number of fused-ring (bicyclic) bond motifs is 1. The second-order valence-corrected chi connectivity index (χ2v) is 5.61. The molecule has 1 atom stereocenters. The Hall–Kier alpha value is -1.28. The highest BCUT2D eigenvalue weighted by Crippen LogP contribution is 2.43. The maximum Gasteiger partial charge on any atom is 0.123 e. The Morgan fingerprint density at radius 1 is 1.17 bits per heavy atom. The number of halogens is 1. The molecule has 1 heterocycles. The fraction of sp³-hybridized carbons (Fsp3) is 0.250. The summed E-state index contributed by atoms with van der Waals surface area (Å²) >= 11 is 3.68. The van der Waals surface area contributed by atoms with E-state index in [1.54, 1.807) is 0 Å². The third-order valence-corrected chi connectivity index (χ3v) is 4.87. The van der Waals surface area contributed by atoms with Crippen molar-refractivity contribution in [2.75, 3.05) is 6.61 Å². The lowest BCUT2D eigenvalue weighted by Crippen LogP contribution is -2.03. The molecule has 0 saturated heterocycles. The topological polar surface area (TPSA) is 9.23 Å². The molecule has 2 aromatic rings. The van der Waals surface area contributed by atoms with E-state index in [9.17, 15) is 0 Å². The third-order valence-electron chi connectivity index (χ3n) is 3.65. The highest BCUT2D eigenvalue weighted by molar-refractivity contribution is 9.10. The van der Waals surface area contributed by atoms with Crippen LogP contribution in [0.3, 0.4) is 0 Å². The second-order valence-electron chi connectivity index (χ2n) is 4.82. The first-order valence-corrected chi connectivity index (χ1v) is 6.95. The van der Waals surface area contributed by atoms with Crippen molar-refractivity contribution in [3.8, 4) is 5.75 Å². The van der Waals surface area contributed by atoms with Crippen molar-refractivity contribution < 1.29 is 4.74 Å². The largest absolute Gasteiger partial charge is 0.492 e. The zero-order valence-corrected chi connectivity index (χ0v) is 12.1. The van der Waals surface area contributed by atoms with Crippen molar-refractivity contribution >= 4 is 15.9 Å². The molecule has 0 N–H and O–H groups in total. The molecule has 1 aliphatic rings. The molecule has 0 amide bonds. The predicted molar refractivity (Wildman–Crippen MR) is 77.4 cm³/mol. The molecule has 1 unspecified atom stereocenters. The Balaban J connectivity index is 2.15. The number of ether oxygens (including phenoxy) is 1. The van der Waals surface area contributed by atoms with Crippen LogP contribution in [0.1, 0.15) is 28.2 Å². The number of rotatable bonds is 1. The van der Waals surface area contributed by atoms with E-state index >= 15 is 0 Å². The van der Waals surface area contributed by atoms with Crippen LogP contribution in [0, 0.1) is 13.8 Å². The van der Waals surface area contributed by atoms with Gasteiger partial charge in [0.25, 0.3) is 0 Å². The van der Waals surface area contributed by atoms with Gasteiger partial charge in [0.15, 0.2) is 0 Å². The average Bonchev–Trinajstić information content (AvgIpc) is 2.81. The van der Waals surface area contributed by atoms with Crippen LogP contribution < -0.4 is 4.74 Å². The number of benzene rings is 2. The van der Waals surface area contributed by atoms with Gasteiger partial charge in [-0.15, -0.1) is 0 Å². The van der Waals surface area contributed by atoms with Crippen LogP contribution in [0.4, 0.5) is 0 Å². The van der Waals surface area contributed by atoms with Crippen molar-refractivity contribution in [1.29, 1.82) is 0 Å². The van der Waals surface area contributed by atoms with Crippen LogP contribution in [0.15, 0.2) is 40.9 Å². The maximum absolute atomic E-state index is 5.86. The average molecular weight is 303 g/mol. The summed E-state index contributed by atoms with van der Waals surface area (Å²) in [6.07, 6.45) is 0. The molecule has 2 heteroatoms. The van der Waals surface area contributed by atoms with Crippen molar-refractivity contribution in [3.05, 3.63) is 63.1 Å². The van der Waals surface area contributed by atoms with Gasteiger partial charge in [-0.05, 0) is 36.6 Å². The molecule has 18 heavy (non-hydrogen) atoms. The van der Waals surface area contributed by atoms with Gasteiger partial charge in [0.2, 0.25) is 0 Å². The summed E-state index contributed by atoms with van der Waals surface area (Å²) in [5.41, 5.74) is 5.20. The summed E-state index contributed by atoms with van der Waals surface area (Å²) in [5.74, 6) is 1.40. The van der Waals surface area contributed by atoms with Gasteiger partial charge >= 0.3 is 0 Å². The lowest BCUT2D eigenvalue weighted by atomic mass is 9.89. The first kappa shape index (κ1) is 11.8. The smallest absolute Gasteiger partial charge is 0.123 e. The Kier molecular flexibility index (Phi) is 2.90. The Labute approximate surface area is 116 Å². The molecule has 92 valence electrons. The summed E-state index contributed by atoms with van der Waals surface area (Å²) < 4.78 is 7.06. The zero-order chi connectivity index (χ0) is 12.7. The Morgan fingerprint density at radius 2 is 1.89 bits per heavy atom. The fourth-order valence-electron chi connectivity index (χ4n) is 2.69. The van der Waals surface area contributed by atoms with Gasteiger partial charge in [-0.25, -0.2) is 0 Å². The predicted octanol–water partition coefficient (Wildman–Crippen LogP) is 4.59. The van der Waals surface area contributed by atoms with Crippen molar-refractivity contribution in [3.63, 3.8) is 0 Å². The number of hydrogen-bond acceptors (Lipinski definition) is 1. The molecule has 1 nitrogen and oxygen atoms in total. The molecule has 0 spiro atoms. The maximum atomic E-state index is 5.86. The Bertz CT molecular complexity index is 590. The van der Waals surface area contributed by atoms with Crippen molar-refractivity contribution in [2.45, 2.75) is 19.8 Å². The van der Waals surface area contributed by atoms with Crippen LogP contribution >= 0.6 is 15.9 Å². The number of aryl methyl sites for hydroxylation is 1. The molecular weight excluding hydrogens is 288 g/mol. The summed E-state index contributed by atoms with van der Waals surface area (Å²) in [6.45, 7) is 5.02. The highest BCUT2D eigenvalue weighted by Gasteiger charge is 2.28. The second kappa shape index (κ2) is 4.43. The van der Waals surface area contributed by atoms with E-state index in [1.807, 2.05) is 0 Å². The van der Waals surface area contributed by atoms with E-state index in [0.717, 1.165) is 12.4 Å². The van der Waals surface area contributed by atoms with Gasteiger partial charge in [-0.1, -0.05) is 46.3 Å². The van der Waals surface area contributed by atoms with Crippen LogP contribution in [-0.4, -0.2) is 6.61 Å². The molecule has 2 aromatic carbocycles. The third kappa shape index (κ3) is 1.76. The highest BCUT2D eigenvalue weighted by atomic mass is 79.9. The van der Waals surface area contributed by atoms with E-state index < -0.39 is 0 Å². The zero-order valence-electron chi connectivity index (χ0n) is 10.5. The van der Waals surface area contributed by atoms with Gasteiger partial charge in [0.05, 0.1) is 6.61 Å². The van der Waals surface area contributed by atoms with Gasteiger partial charge in [-0.2, -0.15) is 0 Å². The molecule has 0 aromatic heterocycles. The first-order chi connectivity index (χ1) is 8.68. The van der Waals surface area contributed by atoms with Crippen LogP contribution in [0.5, 0.6) is 5.75 Å². The van der Waals surface area contributed by atoms with Gasteiger partial charge in [-0.3, -0.25) is 0 Å². The summed E-state index contributed by atoms with van der Waals surface area (Å²) in [7, 11) is 0. The molecular formula is C16H15BrO. The van der Waals surface area contributed by atoms with E-state index in [-0.39, 0.29) is 0 Å². The summed E-state index contributed by atoms with van der Waals surface area (Å²) in [4.78, 5) is 0. The molecule has 0 fully saturated rings. The first-order valence-electron chi connectivity index (χ1n) is 6.16. The van der Waals surface area contributed by atoms with Crippen LogP contribution in [0.2, 0.25) is 0 Å².